The molecule has 0 spiro atoms. The van der Waals surface area contributed by atoms with E-state index in [1.807, 2.05) is 34.6 Å². The number of anilines is 2. The van der Waals surface area contributed by atoms with Crippen LogP contribution in [-0.2, 0) is 9.59 Å². The SMILES string of the molecule is CCCC(=O)Nc1cc(OCC)c(NC(=O)C(C)C)cc1OCC. The number of rotatable bonds is 9. The summed E-state index contributed by atoms with van der Waals surface area (Å²) in [7, 11) is 0. The lowest BCUT2D eigenvalue weighted by Crippen LogP contribution is -2.19. The van der Waals surface area contributed by atoms with Gasteiger partial charge in [-0.15, -0.1) is 0 Å². The maximum atomic E-state index is 12.0. The molecule has 1 aromatic carbocycles. The number of carbonyl (C=O) groups is 2. The predicted octanol–water partition coefficient (Wildman–Crippen LogP) is 3.82. The average molecular weight is 336 g/mol. The van der Waals surface area contributed by atoms with Crippen molar-refractivity contribution in [2.24, 2.45) is 5.92 Å². The van der Waals surface area contributed by atoms with Crippen molar-refractivity contribution in [3.63, 3.8) is 0 Å². The van der Waals surface area contributed by atoms with Gasteiger partial charge in [-0.05, 0) is 20.3 Å². The second kappa shape index (κ2) is 9.80. The van der Waals surface area contributed by atoms with E-state index in [1.165, 1.54) is 0 Å². The Hall–Kier alpha value is -2.24. The molecule has 0 heterocycles. The highest BCUT2D eigenvalue weighted by Gasteiger charge is 2.17. The van der Waals surface area contributed by atoms with Crippen molar-refractivity contribution in [3.8, 4) is 11.5 Å². The molecule has 0 saturated carbocycles. The minimum absolute atomic E-state index is 0.0835. The van der Waals surface area contributed by atoms with Gasteiger partial charge < -0.3 is 20.1 Å². The smallest absolute Gasteiger partial charge is 0.227 e. The molecule has 0 aliphatic carbocycles. The molecule has 0 aliphatic rings. The first-order valence-electron chi connectivity index (χ1n) is 8.47. The molecular weight excluding hydrogens is 308 g/mol. The topological polar surface area (TPSA) is 76.7 Å². The summed E-state index contributed by atoms with van der Waals surface area (Å²) in [6.45, 7) is 10.2. The van der Waals surface area contributed by atoms with Gasteiger partial charge in [0.1, 0.15) is 11.5 Å². The lowest BCUT2D eigenvalue weighted by molar-refractivity contribution is -0.119. The van der Waals surface area contributed by atoms with Crippen LogP contribution in [0.1, 0.15) is 47.5 Å². The Morgan fingerprint density at radius 3 is 1.88 bits per heavy atom. The van der Waals surface area contributed by atoms with E-state index in [-0.39, 0.29) is 17.7 Å². The van der Waals surface area contributed by atoms with Crippen LogP contribution in [0.25, 0.3) is 0 Å². The average Bonchev–Trinajstić information content (AvgIpc) is 2.51. The number of hydrogen-bond acceptors (Lipinski definition) is 4. The van der Waals surface area contributed by atoms with Gasteiger partial charge in [0.15, 0.2) is 0 Å². The Morgan fingerprint density at radius 1 is 0.958 bits per heavy atom. The molecule has 2 amide bonds. The number of benzene rings is 1. The number of ether oxygens (including phenoxy) is 2. The number of nitrogens with one attached hydrogen (secondary N) is 2. The molecule has 0 saturated heterocycles. The van der Waals surface area contributed by atoms with E-state index in [9.17, 15) is 9.59 Å². The quantitative estimate of drug-likeness (QED) is 0.719. The first-order chi connectivity index (χ1) is 11.4. The molecular formula is C18H28N2O4. The zero-order valence-electron chi connectivity index (χ0n) is 15.2. The van der Waals surface area contributed by atoms with Crippen LogP contribution in [0.5, 0.6) is 11.5 Å². The molecule has 2 N–H and O–H groups in total. The first-order valence-corrected chi connectivity index (χ1v) is 8.47. The molecule has 0 unspecified atom stereocenters. The Kier molecular flexibility index (Phi) is 8.09. The first kappa shape index (κ1) is 19.8. The van der Waals surface area contributed by atoms with Crippen LogP contribution in [0.15, 0.2) is 12.1 Å². The van der Waals surface area contributed by atoms with E-state index in [0.717, 1.165) is 6.42 Å². The van der Waals surface area contributed by atoms with Gasteiger partial charge in [0.2, 0.25) is 11.8 Å². The van der Waals surface area contributed by atoms with E-state index < -0.39 is 0 Å². The zero-order chi connectivity index (χ0) is 18.1. The standard InChI is InChI=1S/C18H28N2O4/c1-6-9-17(21)19-13-10-16(24-8-3)14(11-15(13)23-7-2)20-18(22)12(4)5/h10-12H,6-9H2,1-5H3,(H,19,21)(H,20,22). The molecule has 0 aliphatic heterocycles. The van der Waals surface area contributed by atoms with E-state index >= 15 is 0 Å². The molecule has 6 heteroatoms. The predicted molar refractivity (Wildman–Crippen MR) is 95.8 cm³/mol. The summed E-state index contributed by atoms with van der Waals surface area (Å²) in [6, 6.07) is 3.38. The fourth-order valence-electron chi connectivity index (χ4n) is 2.02. The molecule has 0 atom stereocenters. The highest BCUT2D eigenvalue weighted by Crippen LogP contribution is 2.37. The molecule has 0 bridgehead atoms. The minimum atomic E-state index is -0.154. The second-order valence-electron chi connectivity index (χ2n) is 5.65. The van der Waals surface area contributed by atoms with E-state index in [1.54, 1.807) is 12.1 Å². The summed E-state index contributed by atoms with van der Waals surface area (Å²) in [5.41, 5.74) is 1.08. The fourth-order valence-corrected chi connectivity index (χ4v) is 2.02. The molecule has 0 fully saturated rings. The largest absolute Gasteiger partial charge is 0.492 e. The van der Waals surface area contributed by atoms with Crippen LogP contribution in [0, 0.1) is 5.92 Å². The summed E-state index contributed by atoms with van der Waals surface area (Å²) in [5, 5.41) is 5.68. The van der Waals surface area contributed by atoms with Crippen molar-refractivity contribution in [2.45, 2.75) is 47.5 Å². The van der Waals surface area contributed by atoms with Crippen LogP contribution in [0.4, 0.5) is 11.4 Å². The van der Waals surface area contributed by atoms with E-state index in [0.29, 0.717) is 42.5 Å². The van der Waals surface area contributed by atoms with E-state index in [2.05, 4.69) is 10.6 Å². The van der Waals surface area contributed by atoms with Crippen LogP contribution >= 0.6 is 0 Å². The number of carbonyl (C=O) groups excluding carboxylic acids is 2. The molecule has 134 valence electrons. The van der Waals surface area contributed by atoms with Crippen LogP contribution in [-0.4, -0.2) is 25.0 Å². The summed E-state index contributed by atoms with van der Waals surface area (Å²) in [6.07, 6.45) is 1.19. The van der Waals surface area contributed by atoms with Gasteiger partial charge in [-0.25, -0.2) is 0 Å². The van der Waals surface area contributed by atoms with Crippen LogP contribution in [0.2, 0.25) is 0 Å². The van der Waals surface area contributed by atoms with E-state index in [4.69, 9.17) is 9.47 Å². The van der Waals surface area contributed by atoms with Crippen molar-refractivity contribution in [2.75, 3.05) is 23.8 Å². The maximum Gasteiger partial charge on any atom is 0.227 e. The third-order valence-corrected chi connectivity index (χ3v) is 3.21. The van der Waals surface area contributed by atoms with Gasteiger partial charge in [0, 0.05) is 24.5 Å². The van der Waals surface area contributed by atoms with Crippen molar-refractivity contribution in [1.29, 1.82) is 0 Å². The van der Waals surface area contributed by atoms with Gasteiger partial charge in [0.25, 0.3) is 0 Å². The van der Waals surface area contributed by atoms with Crippen molar-refractivity contribution in [1.82, 2.24) is 0 Å². The monoisotopic (exact) mass is 336 g/mol. The van der Waals surface area contributed by atoms with Gasteiger partial charge in [-0.3, -0.25) is 9.59 Å². The van der Waals surface area contributed by atoms with Crippen LogP contribution < -0.4 is 20.1 Å². The lowest BCUT2D eigenvalue weighted by atomic mass is 10.1. The highest BCUT2D eigenvalue weighted by molar-refractivity contribution is 5.97. The maximum absolute atomic E-state index is 12.0. The fraction of sp³-hybridized carbons (Fsp3) is 0.556. The number of hydrogen-bond donors (Lipinski definition) is 2. The summed E-state index contributed by atoms with van der Waals surface area (Å²) >= 11 is 0. The van der Waals surface area contributed by atoms with Gasteiger partial charge in [-0.1, -0.05) is 20.8 Å². The third-order valence-electron chi connectivity index (χ3n) is 3.21. The summed E-state index contributed by atoms with van der Waals surface area (Å²) in [5.74, 6) is 0.659. The molecule has 0 aromatic heterocycles. The zero-order valence-corrected chi connectivity index (χ0v) is 15.2. The van der Waals surface area contributed by atoms with Gasteiger partial charge in [-0.2, -0.15) is 0 Å². The molecule has 24 heavy (non-hydrogen) atoms. The Labute approximate surface area is 143 Å². The normalized spacial score (nSPS) is 10.4. The number of amides is 2. The molecule has 0 radical (unpaired) electrons. The molecule has 1 aromatic rings. The van der Waals surface area contributed by atoms with Crippen molar-refractivity contribution < 1.29 is 19.1 Å². The molecule has 6 nitrogen and oxygen atoms in total. The highest BCUT2D eigenvalue weighted by atomic mass is 16.5. The molecule has 1 rings (SSSR count). The van der Waals surface area contributed by atoms with Gasteiger partial charge >= 0.3 is 0 Å². The lowest BCUT2D eigenvalue weighted by Gasteiger charge is -2.18. The Morgan fingerprint density at radius 2 is 1.46 bits per heavy atom. The minimum Gasteiger partial charge on any atom is -0.492 e. The second-order valence-corrected chi connectivity index (χ2v) is 5.65. The summed E-state index contributed by atoms with van der Waals surface area (Å²) in [4.78, 5) is 23.9. The van der Waals surface area contributed by atoms with Gasteiger partial charge in [0.05, 0.1) is 24.6 Å². The van der Waals surface area contributed by atoms with Crippen molar-refractivity contribution >= 4 is 23.2 Å². The summed E-state index contributed by atoms with van der Waals surface area (Å²) < 4.78 is 11.2. The third kappa shape index (κ3) is 5.76. The van der Waals surface area contributed by atoms with Crippen LogP contribution in [0.3, 0.4) is 0 Å². The Bertz CT molecular complexity index is 570. The van der Waals surface area contributed by atoms with Crippen molar-refractivity contribution in [3.05, 3.63) is 12.1 Å². The Balaban J connectivity index is 3.21.